The van der Waals surface area contributed by atoms with Crippen LogP contribution in [-0.2, 0) is 22.4 Å². The number of carboxylic acid groups (broad SMARTS) is 1. The summed E-state index contributed by atoms with van der Waals surface area (Å²) >= 11 is 1.48. The average Bonchev–Trinajstić information content (AvgIpc) is 3.16. The van der Waals surface area contributed by atoms with Crippen molar-refractivity contribution in [3.05, 3.63) is 58.4 Å². The van der Waals surface area contributed by atoms with E-state index in [2.05, 4.69) is 10.3 Å². The molecule has 0 spiro atoms. The Morgan fingerprint density at radius 3 is 2.78 bits per heavy atom. The van der Waals surface area contributed by atoms with Crippen LogP contribution in [0.3, 0.4) is 0 Å². The van der Waals surface area contributed by atoms with E-state index in [4.69, 9.17) is 0 Å². The zero-order valence-electron chi connectivity index (χ0n) is 12.3. The van der Waals surface area contributed by atoms with Gasteiger partial charge in [-0.25, -0.2) is 4.79 Å². The molecule has 0 unspecified atom stereocenters. The molecule has 2 aromatic heterocycles. The molecule has 1 atom stereocenters. The maximum absolute atomic E-state index is 12.0. The molecule has 0 aliphatic carbocycles. The Morgan fingerprint density at radius 2 is 2.04 bits per heavy atom. The number of hydrogen-bond donors (Lipinski definition) is 3. The van der Waals surface area contributed by atoms with E-state index < -0.39 is 12.0 Å². The minimum atomic E-state index is -1.03. The Bertz CT molecular complexity index is 823. The summed E-state index contributed by atoms with van der Waals surface area (Å²) in [4.78, 5) is 27.6. The van der Waals surface area contributed by atoms with Gasteiger partial charge in [0, 0.05) is 28.4 Å². The third-order valence-corrected chi connectivity index (χ3v) is 4.52. The van der Waals surface area contributed by atoms with Crippen molar-refractivity contribution in [1.82, 2.24) is 10.3 Å². The highest BCUT2D eigenvalue weighted by Crippen LogP contribution is 2.19. The van der Waals surface area contributed by atoms with Crippen LogP contribution in [0.15, 0.2) is 48.0 Å². The van der Waals surface area contributed by atoms with Crippen LogP contribution in [-0.4, -0.2) is 28.0 Å². The van der Waals surface area contributed by atoms with Gasteiger partial charge in [-0.15, -0.1) is 11.3 Å². The average molecular weight is 328 g/mol. The van der Waals surface area contributed by atoms with Crippen molar-refractivity contribution >= 4 is 34.1 Å². The third-order valence-electron chi connectivity index (χ3n) is 3.65. The fourth-order valence-corrected chi connectivity index (χ4v) is 3.24. The van der Waals surface area contributed by atoms with Crippen LogP contribution in [0.1, 0.15) is 10.4 Å². The number of hydrogen-bond acceptors (Lipinski definition) is 3. The number of carbonyl (C=O) groups excluding carboxylic acids is 1. The molecule has 3 aromatic rings. The van der Waals surface area contributed by atoms with Gasteiger partial charge in [-0.3, -0.25) is 4.79 Å². The van der Waals surface area contributed by atoms with Gasteiger partial charge >= 0.3 is 5.97 Å². The molecule has 1 aromatic carbocycles. The van der Waals surface area contributed by atoms with Gasteiger partial charge < -0.3 is 15.4 Å². The molecule has 2 heterocycles. The van der Waals surface area contributed by atoms with Gasteiger partial charge in [0.2, 0.25) is 5.91 Å². The number of nitrogens with one attached hydrogen (secondary N) is 2. The monoisotopic (exact) mass is 328 g/mol. The fourth-order valence-electron chi connectivity index (χ4n) is 2.54. The lowest BCUT2D eigenvalue weighted by Crippen LogP contribution is -2.42. The molecule has 6 heteroatoms. The molecule has 118 valence electrons. The lowest BCUT2D eigenvalue weighted by atomic mass is 10.0. The second-order valence-corrected chi connectivity index (χ2v) is 6.31. The predicted molar refractivity (Wildman–Crippen MR) is 89.6 cm³/mol. The Morgan fingerprint density at radius 1 is 1.22 bits per heavy atom. The molecule has 1 amide bonds. The van der Waals surface area contributed by atoms with E-state index >= 15 is 0 Å². The first-order valence-corrected chi connectivity index (χ1v) is 8.11. The van der Waals surface area contributed by atoms with E-state index in [1.165, 1.54) is 11.3 Å². The number of carbonyl (C=O) groups is 2. The normalized spacial score (nSPS) is 12.2. The molecule has 0 aliphatic rings. The topological polar surface area (TPSA) is 82.2 Å². The first kappa shape index (κ1) is 15.3. The second-order valence-electron chi connectivity index (χ2n) is 5.28. The van der Waals surface area contributed by atoms with Gasteiger partial charge in [0.15, 0.2) is 0 Å². The number of aliphatic carboxylic acids is 1. The number of fused-ring (bicyclic) bond motifs is 1. The number of aromatic amines is 1. The SMILES string of the molecule is O=C(Cc1cccs1)N[C@@H](Cc1c[nH]c2ccccc12)C(=O)O. The van der Waals surface area contributed by atoms with Crippen molar-refractivity contribution in [1.29, 1.82) is 0 Å². The maximum Gasteiger partial charge on any atom is 0.326 e. The van der Waals surface area contributed by atoms with E-state index in [-0.39, 0.29) is 18.7 Å². The van der Waals surface area contributed by atoms with Gasteiger partial charge in [-0.05, 0) is 23.1 Å². The van der Waals surface area contributed by atoms with Crippen molar-refractivity contribution in [2.24, 2.45) is 0 Å². The summed E-state index contributed by atoms with van der Waals surface area (Å²) in [6.45, 7) is 0. The van der Waals surface area contributed by atoms with Crippen LogP contribution >= 0.6 is 11.3 Å². The summed E-state index contributed by atoms with van der Waals surface area (Å²) in [5.74, 6) is -1.31. The number of benzene rings is 1. The Labute approximate surface area is 137 Å². The second kappa shape index (κ2) is 6.66. The van der Waals surface area contributed by atoms with Crippen molar-refractivity contribution < 1.29 is 14.7 Å². The summed E-state index contributed by atoms with van der Waals surface area (Å²) in [5, 5.41) is 14.9. The molecule has 3 N–H and O–H groups in total. The van der Waals surface area contributed by atoms with Gasteiger partial charge in [0.05, 0.1) is 6.42 Å². The van der Waals surface area contributed by atoms with E-state index in [9.17, 15) is 14.7 Å². The number of amides is 1. The van der Waals surface area contributed by atoms with Gasteiger partial charge in [-0.2, -0.15) is 0 Å². The van der Waals surface area contributed by atoms with Crippen molar-refractivity contribution in [2.45, 2.75) is 18.9 Å². The number of aromatic nitrogens is 1. The van der Waals surface area contributed by atoms with Crippen molar-refractivity contribution in [2.75, 3.05) is 0 Å². The van der Waals surface area contributed by atoms with E-state index in [1.807, 2.05) is 41.8 Å². The Hall–Kier alpha value is -2.60. The van der Waals surface area contributed by atoms with Crippen LogP contribution < -0.4 is 5.32 Å². The van der Waals surface area contributed by atoms with E-state index in [1.54, 1.807) is 6.20 Å². The summed E-state index contributed by atoms with van der Waals surface area (Å²) in [6.07, 6.45) is 2.25. The molecule has 23 heavy (non-hydrogen) atoms. The van der Waals surface area contributed by atoms with Gasteiger partial charge in [-0.1, -0.05) is 24.3 Å². The minimum absolute atomic E-state index is 0.204. The third kappa shape index (κ3) is 3.60. The number of carboxylic acids is 1. The zero-order chi connectivity index (χ0) is 16.2. The quantitative estimate of drug-likeness (QED) is 0.650. The lowest BCUT2D eigenvalue weighted by molar-refractivity contribution is -0.141. The highest BCUT2D eigenvalue weighted by molar-refractivity contribution is 7.10. The lowest BCUT2D eigenvalue weighted by Gasteiger charge is -2.14. The maximum atomic E-state index is 12.0. The summed E-state index contributed by atoms with van der Waals surface area (Å²) < 4.78 is 0. The number of rotatable bonds is 6. The van der Waals surface area contributed by atoms with Crippen LogP contribution in [0.2, 0.25) is 0 Å². The standard InChI is InChI=1S/C17H16N2O3S/c20-16(9-12-4-3-7-23-12)19-15(17(21)22)8-11-10-18-14-6-2-1-5-13(11)14/h1-7,10,15,18H,8-9H2,(H,19,20)(H,21,22)/t15-/m0/s1. The first-order chi connectivity index (χ1) is 11.1. The number of H-pyrrole nitrogens is 1. The van der Waals surface area contributed by atoms with Gasteiger partial charge in [0.1, 0.15) is 6.04 Å². The molecular weight excluding hydrogens is 312 g/mol. The molecule has 0 radical (unpaired) electrons. The van der Waals surface area contributed by atoms with Crippen molar-refractivity contribution in [3.63, 3.8) is 0 Å². The van der Waals surface area contributed by atoms with E-state index in [0.717, 1.165) is 21.3 Å². The summed E-state index contributed by atoms with van der Waals surface area (Å²) in [7, 11) is 0. The summed E-state index contributed by atoms with van der Waals surface area (Å²) in [6, 6.07) is 10.5. The molecule has 0 saturated carbocycles. The molecule has 0 fully saturated rings. The highest BCUT2D eigenvalue weighted by atomic mass is 32.1. The summed E-state index contributed by atoms with van der Waals surface area (Å²) in [5.41, 5.74) is 1.83. The zero-order valence-corrected chi connectivity index (χ0v) is 13.1. The molecule has 5 nitrogen and oxygen atoms in total. The Kier molecular flexibility index (Phi) is 4.43. The molecule has 0 bridgehead atoms. The smallest absolute Gasteiger partial charge is 0.326 e. The fraction of sp³-hybridized carbons (Fsp3) is 0.176. The first-order valence-electron chi connectivity index (χ1n) is 7.23. The van der Waals surface area contributed by atoms with Crippen molar-refractivity contribution in [3.8, 4) is 0 Å². The van der Waals surface area contributed by atoms with Gasteiger partial charge in [0.25, 0.3) is 0 Å². The molecule has 3 rings (SSSR count). The van der Waals surface area contributed by atoms with Crippen LogP contribution in [0.4, 0.5) is 0 Å². The molecular formula is C17H16N2O3S. The number of thiophene rings is 1. The minimum Gasteiger partial charge on any atom is -0.480 e. The molecule has 0 aliphatic heterocycles. The van der Waals surface area contributed by atoms with Crippen LogP contribution in [0, 0.1) is 0 Å². The van der Waals surface area contributed by atoms with Crippen LogP contribution in [0.5, 0.6) is 0 Å². The van der Waals surface area contributed by atoms with Crippen LogP contribution in [0.25, 0.3) is 10.9 Å². The molecule has 0 saturated heterocycles. The van der Waals surface area contributed by atoms with E-state index in [0.29, 0.717) is 0 Å². The largest absolute Gasteiger partial charge is 0.480 e. The Balaban J connectivity index is 1.71. The predicted octanol–water partition coefficient (Wildman–Crippen LogP) is 2.58. The number of para-hydroxylation sites is 1. The highest BCUT2D eigenvalue weighted by Gasteiger charge is 2.22.